The van der Waals surface area contributed by atoms with Gasteiger partial charge in [-0.15, -0.1) is 0 Å². The molecule has 0 spiro atoms. The van der Waals surface area contributed by atoms with Crippen LogP contribution in [-0.2, 0) is 5.41 Å². The molecule has 0 amide bonds. The van der Waals surface area contributed by atoms with Crippen LogP contribution < -0.4 is 10.1 Å². The Hall–Kier alpha value is -1.55. The minimum absolute atomic E-state index is 0.0457. The quantitative estimate of drug-likeness (QED) is 0.903. The number of para-hydroxylation sites is 1. The molecule has 0 aliphatic carbocycles. The molecular formula is C14H18N2O2. The maximum Gasteiger partial charge on any atom is 0.203 e. The molecule has 1 saturated heterocycles. The van der Waals surface area contributed by atoms with Crippen molar-refractivity contribution in [3.05, 3.63) is 24.1 Å². The predicted octanol–water partition coefficient (Wildman–Crippen LogP) is 2.48. The molecule has 4 nitrogen and oxygen atoms in total. The van der Waals surface area contributed by atoms with Crippen molar-refractivity contribution in [2.24, 2.45) is 0 Å². The van der Waals surface area contributed by atoms with Crippen LogP contribution in [-0.4, -0.2) is 25.2 Å². The number of ether oxygens (including phenoxy) is 1. The molecular weight excluding hydrogens is 228 g/mol. The van der Waals surface area contributed by atoms with Crippen molar-refractivity contribution in [2.45, 2.75) is 25.2 Å². The zero-order valence-corrected chi connectivity index (χ0v) is 10.8. The number of hydrogen-bond donors (Lipinski definition) is 1. The second-order valence-electron chi connectivity index (χ2n) is 4.89. The van der Waals surface area contributed by atoms with Crippen LogP contribution in [0, 0.1) is 0 Å². The fraction of sp³-hybridized carbons (Fsp3) is 0.500. The van der Waals surface area contributed by atoms with Gasteiger partial charge in [-0.05, 0) is 31.5 Å². The van der Waals surface area contributed by atoms with Crippen LogP contribution in [0.4, 0.5) is 0 Å². The summed E-state index contributed by atoms with van der Waals surface area (Å²) >= 11 is 0. The highest BCUT2D eigenvalue weighted by Gasteiger charge is 2.38. The Labute approximate surface area is 106 Å². The van der Waals surface area contributed by atoms with Gasteiger partial charge in [-0.1, -0.05) is 13.0 Å². The van der Waals surface area contributed by atoms with E-state index >= 15 is 0 Å². The van der Waals surface area contributed by atoms with Gasteiger partial charge >= 0.3 is 0 Å². The molecule has 1 atom stereocenters. The van der Waals surface area contributed by atoms with Gasteiger partial charge in [-0.25, -0.2) is 4.98 Å². The second-order valence-corrected chi connectivity index (χ2v) is 4.89. The van der Waals surface area contributed by atoms with E-state index in [0.717, 1.165) is 48.7 Å². The predicted molar refractivity (Wildman–Crippen MR) is 70.0 cm³/mol. The number of nitrogens with zero attached hydrogens (tertiary/aromatic N) is 1. The molecule has 1 aromatic heterocycles. The summed E-state index contributed by atoms with van der Waals surface area (Å²) in [5, 5.41) is 3.40. The molecule has 2 aromatic rings. The minimum Gasteiger partial charge on any atom is -0.494 e. The molecule has 1 aliphatic rings. The number of aromatic nitrogens is 1. The second kappa shape index (κ2) is 4.28. The summed E-state index contributed by atoms with van der Waals surface area (Å²) < 4.78 is 11.3. The summed E-state index contributed by atoms with van der Waals surface area (Å²) in [5.41, 5.74) is 1.68. The highest BCUT2D eigenvalue weighted by molar-refractivity contribution is 5.79. The van der Waals surface area contributed by atoms with E-state index in [4.69, 9.17) is 9.15 Å². The van der Waals surface area contributed by atoms with Gasteiger partial charge in [0.05, 0.1) is 12.5 Å². The van der Waals surface area contributed by atoms with Crippen LogP contribution >= 0.6 is 0 Å². The van der Waals surface area contributed by atoms with E-state index in [9.17, 15) is 0 Å². The molecule has 1 aliphatic heterocycles. The smallest absolute Gasteiger partial charge is 0.203 e. The Morgan fingerprint density at radius 1 is 1.50 bits per heavy atom. The van der Waals surface area contributed by atoms with Gasteiger partial charge in [-0.3, -0.25) is 0 Å². The highest BCUT2D eigenvalue weighted by Crippen LogP contribution is 2.36. The molecule has 0 saturated carbocycles. The molecule has 1 fully saturated rings. The van der Waals surface area contributed by atoms with Gasteiger partial charge in [0, 0.05) is 6.54 Å². The van der Waals surface area contributed by atoms with Crippen molar-refractivity contribution in [1.29, 1.82) is 0 Å². The molecule has 1 N–H and O–H groups in total. The third kappa shape index (κ3) is 1.60. The van der Waals surface area contributed by atoms with Crippen molar-refractivity contribution < 1.29 is 9.15 Å². The van der Waals surface area contributed by atoms with E-state index in [-0.39, 0.29) is 5.41 Å². The zero-order valence-electron chi connectivity index (χ0n) is 10.8. The SMILES string of the molecule is CCC1(c2nc3c(OC)cccc3o2)CCNC1. The number of methoxy groups -OCH3 is 1. The van der Waals surface area contributed by atoms with E-state index in [0.29, 0.717) is 0 Å². The standard InChI is InChI=1S/C14H18N2O2/c1-3-14(7-8-15-9-14)13-16-12-10(17-2)5-4-6-11(12)18-13/h4-6,15H,3,7-9H2,1-2H3. The van der Waals surface area contributed by atoms with E-state index < -0.39 is 0 Å². The van der Waals surface area contributed by atoms with Crippen molar-refractivity contribution in [1.82, 2.24) is 10.3 Å². The average Bonchev–Trinajstić information content (AvgIpc) is 3.04. The third-order valence-electron chi connectivity index (χ3n) is 3.98. The first-order valence-corrected chi connectivity index (χ1v) is 6.44. The minimum atomic E-state index is 0.0457. The molecule has 3 rings (SSSR count). The first-order valence-electron chi connectivity index (χ1n) is 6.44. The first kappa shape index (κ1) is 11.5. The Morgan fingerprint density at radius 2 is 2.39 bits per heavy atom. The van der Waals surface area contributed by atoms with Crippen LogP contribution in [0.1, 0.15) is 25.7 Å². The van der Waals surface area contributed by atoms with E-state index in [1.54, 1.807) is 7.11 Å². The van der Waals surface area contributed by atoms with E-state index in [1.807, 2.05) is 18.2 Å². The van der Waals surface area contributed by atoms with Crippen molar-refractivity contribution in [3.8, 4) is 5.75 Å². The van der Waals surface area contributed by atoms with Gasteiger partial charge in [0.25, 0.3) is 0 Å². The summed E-state index contributed by atoms with van der Waals surface area (Å²) in [5.74, 6) is 1.62. The van der Waals surface area contributed by atoms with Crippen molar-refractivity contribution in [2.75, 3.05) is 20.2 Å². The van der Waals surface area contributed by atoms with Crippen molar-refractivity contribution in [3.63, 3.8) is 0 Å². The Balaban J connectivity index is 2.13. The Bertz CT molecular complexity index is 556. The lowest BCUT2D eigenvalue weighted by Gasteiger charge is -2.21. The number of nitrogens with one attached hydrogen (secondary N) is 1. The molecule has 4 heteroatoms. The molecule has 18 heavy (non-hydrogen) atoms. The lowest BCUT2D eigenvalue weighted by Crippen LogP contribution is -2.28. The van der Waals surface area contributed by atoms with Crippen LogP contribution in [0.15, 0.2) is 22.6 Å². The van der Waals surface area contributed by atoms with Crippen LogP contribution in [0.5, 0.6) is 5.75 Å². The fourth-order valence-electron chi connectivity index (χ4n) is 2.69. The Kier molecular flexibility index (Phi) is 2.74. The summed E-state index contributed by atoms with van der Waals surface area (Å²) in [6, 6.07) is 5.79. The lowest BCUT2D eigenvalue weighted by molar-refractivity contribution is 0.344. The summed E-state index contributed by atoms with van der Waals surface area (Å²) in [6.07, 6.45) is 2.12. The largest absolute Gasteiger partial charge is 0.494 e. The van der Waals surface area contributed by atoms with E-state index in [1.165, 1.54) is 0 Å². The maximum atomic E-state index is 5.96. The Morgan fingerprint density at radius 3 is 3.06 bits per heavy atom. The molecule has 96 valence electrons. The van der Waals surface area contributed by atoms with E-state index in [2.05, 4.69) is 17.2 Å². The summed E-state index contributed by atoms with van der Waals surface area (Å²) in [7, 11) is 1.66. The number of rotatable bonds is 3. The topological polar surface area (TPSA) is 47.3 Å². The zero-order chi connectivity index (χ0) is 12.6. The molecule has 1 aromatic carbocycles. The van der Waals surface area contributed by atoms with Gasteiger partial charge < -0.3 is 14.5 Å². The van der Waals surface area contributed by atoms with Gasteiger partial charge in [-0.2, -0.15) is 0 Å². The fourth-order valence-corrected chi connectivity index (χ4v) is 2.69. The highest BCUT2D eigenvalue weighted by atomic mass is 16.5. The summed E-state index contributed by atoms with van der Waals surface area (Å²) in [6.45, 7) is 4.17. The number of benzene rings is 1. The molecule has 0 bridgehead atoms. The molecule has 2 heterocycles. The molecule has 0 radical (unpaired) electrons. The van der Waals surface area contributed by atoms with Crippen LogP contribution in [0.2, 0.25) is 0 Å². The number of hydrogen-bond acceptors (Lipinski definition) is 4. The summed E-state index contributed by atoms with van der Waals surface area (Å²) in [4.78, 5) is 4.68. The lowest BCUT2D eigenvalue weighted by atomic mass is 9.84. The molecule has 1 unspecified atom stereocenters. The normalized spacial score (nSPS) is 23.7. The maximum absolute atomic E-state index is 5.96. The first-order chi connectivity index (χ1) is 8.79. The average molecular weight is 246 g/mol. The van der Waals surface area contributed by atoms with Gasteiger partial charge in [0.15, 0.2) is 11.1 Å². The van der Waals surface area contributed by atoms with Crippen LogP contribution in [0.25, 0.3) is 11.1 Å². The van der Waals surface area contributed by atoms with Crippen molar-refractivity contribution >= 4 is 11.1 Å². The number of oxazole rings is 1. The number of fused-ring (bicyclic) bond motifs is 1. The monoisotopic (exact) mass is 246 g/mol. The van der Waals surface area contributed by atoms with Crippen LogP contribution in [0.3, 0.4) is 0 Å². The third-order valence-corrected chi connectivity index (χ3v) is 3.98. The van der Waals surface area contributed by atoms with Gasteiger partial charge in [0.1, 0.15) is 5.75 Å². The van der Waals surface area contributed by atoms with Gasteiger partial charge in [0.2, 0.25) is 5.89 Å².